The molecular weight excluding hydrogens is 266 g/mol. The van der Waals surface area contributed by atoms with E-state index in [-0.39, 0.29) is 0 Å². The first-order valence-electron chi connectivity index (χ1n) is 5.77. The molecule has 1 aliphatic carbocycles. The highest BCUT2D eigenvalue weighted by atomic mass is 79.9. The maximum atomic E-state index is 10.7. The lowest BCUT2D eigenvalue weighted by molar-refractivity contribution is 0.112. The van der Waals surface area contributed by atoms with Crippen molar-refractivity contribution in [1.29, 1.82) is 0 Å². The fourth-order valence-corrected chi connectivity index (χ4v) is 2.58. The summed E-state index contributed by atoms with van der Waals surface area (Å²) in [5.74, 6) is 0. The maximum Gasteiger partial charge on any atom is 0.150 e. The van der Waals surface area contributed by atoms with Crippen LogP contribution in [0.25, 0.3) is 0 Å². The molecule has 1 aromatic rings. The third-order valence-electron chi connectivity index (χ3n) is 2.87. The van der Waals surface area contributed by atoms with Gasteiger partial charge in [0.1, 0.15) is 6.29 Å². The standard InChI is InChI=1S/C13H16BrNO/c1-2-7-15(11-4-5-11)13-6-3-10(9-16)8-12(13)14/h3,6,8-9,11H,2,4-5,7H2,1H3. The van der Waals surface area contributed by atoms with Gasteiger partial charge in [-0.3, -0.25) is 4.79 Å². The summed E-state index contributed by atoms with van der Waals surface area (Å²) in [6.07, 6.45) is 4.62. The highest BCUT2D eigenvalue weighted by Gasteiger charge is 2.29. The zero-order chi connectivity index (χ0) is 11.5. The van der Waals surface area contributed by atoms with Gasteiger partial charge in [0.05, 0.1) is 5.69 Å². The molecule has 0 saturated heterocycles. The van der Waals surface area contributed by atoms with E-state index in [9.17, 15) is 4.79 Å². The van der Waals surface area contributed by atoms with Crippen molar-refractivity contribution in [2.75, 3.05) is 11.4 Å². The zero-order valence-corrected chi connectivity index (χ0v) is 11.0. The predicted molar refractivity (Wildman–Crippen MR) is 70.2 cm³/mol. The number of nitrogens with zero attached hydrogens (tertiary/aromatic N) is 1. The van der Waals surface area contributed by atoms with Crippen LogP contribution >= 0.6 is 15.9 Å². The Morgan fingerprint density at radius 1 is 1.50 bits per heavy atom. The first-order valence-corrected chi connectivity index (χ1v) is 6.57. The minimum atomic E-state index is 0.707. The number of hydrogen-bond donors (Lipinski definition) is 0. The Kier molecular flexibility index (Phi) is 3.64. The molecule has 0 atom stereocenters. The van der Waals surface area contributed by atoms with E-state index >= 15 is 0 Å². The van der Waals surface area contributed by atoms with Crippen LogP contribution in [0.1, 0.15) is 36.5 Å². The van der Waals surface area contributed by atoms with Crippen LogP contribution in [-0.2, 0) is 0 Å². The van der Waals surface area contributed by atoms with Gasteiger partial charge in [-0.15, -0.1) is 0 Å². The Labute approximate surface area is 105 Å². The molecule has 3 heteroatoms. The molecular formula is C13H16BrNO. The van der Waals surface area contributed by atoms with Crippen LogP contribution in [0.2, 0.25) is 0 Å². The van der Waals surface area contributed by atoms with E-state index in [2.05, 4.69) is 27.8 Å². The first-order chi connectivity index (χ1) is 7.76. The van der Waals surface area contributed by atoms with E-state index in [1.54, 1.807) is 0 Å². The average Bonchev–Trinajstić information content (AvgIpc) is 3.10. The normalized spacial score (nSPS) is 14.9. The summed E-state index contributed by atoms with van der Waals surface area (Å²) in [4.78, 5) is 13.1. The topological polar surface area (TPSA) is 20.3 Å². The minimum Gasteiger partial charge on any atom is -0.368 e. The second-order valence-corrected chi connectivity index (χ2v) is 5.11. The molecule has 1 fully saturated rings. The van der Waals surface area contributed by atoms with E-state index < -0.39 is 0 Å². The van der Waals surface area contributed by atoms with Crippen LogP contribution < -0.4 is 4.90 Å². The molecule has 0 heterocycles. The molecule has 0 radical (unpaired) electrons. The molecule has 16 heavy (non-hydrogen) atoms. The summed E-state index contributed by atoms with van der Waals surface area (Å²) >= 11 is 3.55. The molecule has 1 saturated carbocycles. The van der Waals surface area contributed by atoms with Gasteiger partial charge in [0, 0.05) is 22.6 Å². The average molecular weight is 282 g/mol. The SMILES string of the molecule is CCCN(c1ccc(C=O)cc1Br)C1CC1. The molecule has 0 aromatic heterocycles. The summed E-state index contributed by atoms with van der Waals surface area (Å²) < 4.78 is 1.03. The quantitative estimate of drug-likeness (QED) is 0.768. The van der Waals surface area contributed by atoms with Gasteiger partial charge >= 0.3 is 0 Å². The van der Waals surface area contributed by atoms with Crippen molar-refractivity contribution in [3.8, 4) is 0 Å². The van der Waals surface area contributed by atoms with Crippen molar-refractivity contribution >= 4 is 27.9 Å². The predicted octanol–water partition coefficient (Wildman–Crippen LogP) is 3.64. The summed E-state index contributed by atoms with van der Waals surface area (Å²) in [5.41, 5.74) is 1.94. The first kappa shape index (κ1) is 11.6. The molecule has 1 aliphatic rings. The molecule has 2 nitrogen and oxygen atoms in total. The minimum absolute atomic E-state index is 0.707. The smallest absolute Gasteiger partial charge is 0.150 e. The molecule has 0 bridgehead atoms. The van der Waals surface area contributed by atoms with E-state index in [1.165, 1.54) is 18.5 Å². The van der Waals surface area contributed by atoms with Crippen LogP contribution in [0.4, 0.5) is 5.69 Å². The third kappa shape index (κ3) is 2.46. The number of hydrogen-bond acceptors (Lipinski definition) is 2. The second-order valence-electron chi connectivity index (χ2n) is 4.25. The number of aldehydes is 1. The molecule has 0 unspecified atom stereocenters. The Hall–Kier alpha value is -0.830. The lowest BCUT2D eigenvalue weighted by atomic mass is 10.2. The van der Waals surface area contributed by atoms with Crippen molar-refractivity contribution in [3.63, 3.8) is 0 Å². The summed E-state index contributed by atoms with van der Waals surface area (Å²) in [6, 6.07) is 6.53. The van der Waals surface area contributed by atoms with Crippen molar-refractivity contribution in [2.24, 2.45) is 0 Å². The molecule has 0 amide bonds. The molecule has 2 rings (SSSR count). The molecule has 1 aromatic carbocycles. The Balaban J connectivity index is 2.26. The number of benzene rings is 1. The van der Waals surface area contributed by atoms with E-state index in [0.29, 0.717) is 6.04 Å². The maximum absolute atomic E-state index is 10.7. The van der Waals surface area contributed by atoms with Crippen LogP contribution in [-0.4, -0.2) is 18.9 Å². The molecule has 0 N–H and O–H groups in total. The Bertz CT molecular complexity index is 388. The van der Waals surface area contributed by atoms with Gasteiger partial charge in [-0.1, -0.05) is 6.92 Å². The fraction of sp³-hybridized carbons (Fsp3) is 0.462. The van der Waals surface area contributed by atoms with Gasteiger partial charge in [0.2, 0.25) is 0 Å². The van der Waals surface area contributed by atoms with E-state index in [0.717, 1.165) is 29.3 Å². The molecule has 86 valence electrons. The lowest BCUT2D eigenvalue weighted by Crippen LogP contribution is -2.26. The number of halogens is 1. The number of carbonyl (C=O) groups excluding carboxylic acids is 1. The molecule has 0 aliphatic heterocycles. The molecule has 0 spiro atoms. The van der Waals surface area contributed by atoms with Crippen molar-refractivity contribution < 1.29 is 4.79 Å². The van der Waals surface area contributed by atoms with Gasteiger partial charge < -0.3 is 4.90 Å². The van der Waals surface area contributed by atoms with Crippen molar-refractivity contribution in [2.45, 2.75) is 32.2 Å². The highest BCUT2D eigenvalue weighted by Crippen LogP contribution is 2.36. The highest BCUT2D eigenvalue weighted by molar-refractivity contribution is 9.10. The number of rotatable bonds is 5. The summed E-state index contributed by atoms with van der Waals surface area (Å²) in [6.45, 7) is 3.28. The van der Waals surface area contributed by atoms with Crippen LogP contribution in [0.3, 0.4) is 0 Å². The second kappa shape index (κ2) is 5.00. The largest absolute Gasteiger partial charge is 0.368 e. The van der Waals surface area contributed by atoms with Crippen LogP contribution in [0.5, 0.6) is 0 Å². The fourth-order valence-electron chi connectivity index (χ4n) is 1.96. The van der Waals surface area contributed by atoms with Gasteiger partial charge in [0.15, 0.2) is 0 Å². The Morgan fingerprint density at radius 3 is 2.75 bits per heavy atom. The monoisotopic (exact) mass is 281 g/mol. The zero-order valence-electron chi connectivity index (χ0n) is 9.45. The number of anilines is 1. The van der Waals surface area contributed by atoms with Crippen molar-refractivity contribution in [1.82, 2.24) is 0 Å². The number of carbonyl (C=O) groups is 1. The lowest BCUT2D eigenvalue weighted by Gasteiger charge is -2.25. The van der Waals surface area contributed by atoms with Gasteiger partial charge in [-0.05, 0) is 53.4 Å². The van der Waals surface area contributed by atoms with Crippen LogP contribution in [0, 0.1) is 0 Å². The van der Waals surface area contributed by atoms with Gasteiger partial charge in [-0.2, -0.15) is 0 Å². The van der Waals surface area contributed by atoms with Crippen molar-refractivity contribution in [3.05, 3.63) is 28.2 Å². The third-order valence-corrected chi connectivity index (χ3v) is 3.50. The van der Waals surface area contributed by atoms with Crippen LogP contribution in [0.15, 0.2) is 22.7 Å². The Morgan fingerprint density at radius 2 is 2.25 bits per heavy atom. The summed E-state index contributed by atoms with van der Waals surface area (Å²) in [5, 5.41) is 0. The van der Waals surface area contributed by atoms with Gasteiger partial charge in [0.25, 0.3) is 0 Å². The van der Waals surface area contributed by atoms with E-state index in [4.69, 9.17) is 0 Å². The van der Waals surface area contributed by atoms with Gasteiger partial charge in [-0.25, -0.2) is 0 Å². The summed E-state index contributed by atoms with van der Waals surface area (Å²) in [7, 11) is 0. The van der Waals surface area contributed by atoms with E-state index in [1.807, 2.05) is 18.2 Å².